The Balaban J connectivity index is 1.76. The third-order valence-corrected chi connectivity index (χ3v) is 7.01. The summed E-state index contributed by atoms with van der Waals surface area (Å²) in [4.78, 5) is 15.3. The van der Waals surface area contributed by atoms with Crippen molar-refractivity contribution in [2.45, 2.75) is 49.9 Å². The van der Waals surface area contributed by atoms with Crippen molar-refractivity contribution in [2.75, 3.05) is 13.1 Å². The number of amides is 1. The zero-order valence-corrected chi connectivity index (χ0v) is 19.8. The topological polar surface area (TPSA) is 29.5 Å². The van der Waals surface area contributed by atoms with Gasteiger partial charge in [-0.2, -0.15) is 0 Å². The van der Waals surface area contributed by atoms with Crippen LogP contribution in [-0.2, 0) is 23.3 Å². The van der Waals surface area contributed by atoms with E-state index in [9.17, 15) is 4.79 Å². The first-order chi connectivity index (χ1) is 13.6. The number of benzene rings is 2. The smallest absolute Gasteiger partial charge is 0.410 e. The Morgan fingerprint density at radius 2 is 1.72 bits per heavy atom. The second kappa shape index (κ2) is 9.38. The summed E-state index contributed by atoms with van der Waals surface area (Å²) in [6.07, 6.45) is 1.27. The summed E-state index contributed by atoms with van der Waals surface area (Å²) >= 11 is 20.4. The fourth-order valence-corrected chi connectivity index (χ4v) is 4.98. The first-order valence-corrected chi connectivity index (χ1v) is 11.6. The molecule has 2 aromatic rings. The first-order valence-electron chi connectivity index (χ1n) is 9.49. The van der Waals surface area contributed by atoms with Crippen LogP contribution in [0.2, 0.25) is 15.1 Å². The van der Waals surface area contributed by atoms with Gasteiger partial charge in [0.2, 0.25) is 0 Å². The van der Waals surface area contributed by atoms with Gasteiger partial charge in [0, 0.05) is 23.7 Å². The Labute approximate surface area is 191 Å². The minimum atomic E-state index is -0.500. The molecule has 3 rings (SSSR count). The van der Waals surface area contributed by atoms with Crippen LogP contribution in [0, 0.1) is 0 Å². The van der Waals surface area contributed by atoms with E-state index < -0.39 is 5.60 Å². The summed E-state index contributed by atoms with van der Waals surface area (Å²) in [5.74, 6) is 0.739. The van der Waals surface area contributed by atoms with Crippen molar-refractivity contribution in [1.82, 2.24) is 4.90 Å². The molecule has 7 heteroatoms. The van der Waals surface area contributed by atoms with Crippen LogP contribution in [0.3, 0.4) is 0 Å². The van der Waals surface area contributed by atoms with Gasteiger partial charge >= 0.3 is 6.09 Å². The number of hydrogen-bond donors (Lipinski definition) is 0. The standard InChI is InChI=1S/C22H24Cl3NO2S/c1-22(2,3)28-21(27)26-10-8-15-5-7-18(24)20(16(15)9-11-26)29-13-14-4-6-17(23)19(25)12-14/h4-7,12H,8-11,13H2,1-3H3. The maximum atomic E-state index is 12.5. The van der Waals surface area contributed by atoms with E-state index in [4.69, 9.17) is 39.5 Å². The second-order valence-electron chi connectivity index (χ2n) is 8.02. The largest absolute Gasteiger partial charge is 0.444 e. The van der Waals surface area contributed by atoms with Gasteiger partial charge in [-0.15, -0.1) is 11.8 Å². The second-order valence-corrected chi connectivity index (χ2v) is 10.2. The summed E-state index contributed by atoms with van der Waals surface area (Å²) in [6.45, 7) is 6.90. The molecule has 0 aliphatic carbocycles. The Kier molecular flexibility index (Phi) is 7.32. The van der Waals surface area contributed by atoms with Crippen LogP contribution < -0.4 is 0 Å². The number of carbonyl (C=O) groups is 1. The quantitative estimate of drug-likeness (QED) is 0.440. The molecule has 156 valence electrons. The highest BCUT2D eigenvalue weighted by atomic mass is 35.5. The molecule has 0 aromatic heterocycles. The predicted molar refractivity (Wildman–Crippen MR) is 123 cm³/mol. The molecule has 0 saturated carbocycles. The number of halogens is 3. The van der Waals surface area contributed by atoms with Crippen molar-refractivity contribution in [3.63, 3.8) is 0 Å². The fourth-order valence-electron chi connectivity index (χ4n) is 3.21. The van der Waals surface area contributed by atoms with Gasteiger partial charge in [0.05, 0.1) is 15.1 Å². The van der Waals surface area contributed by atoms with Crippen molar-refractivity contribution < 1.29 is 9.53 Å². The lowest BCUT2D eigenvalue weighted by atomic mass is 10.0. The lowest BCUT2D eigenvalue weighted by Gasteiger charge is -2.26. The highest BCUT2D eigenvalue weighted by molar-refractivity contribution is 7.98. The van der Waals surface area contributed by atoms with Crippen LogP contribution in [0.4, 0.5) is 4.79 Å². The van der Waals surface area contributed by atoms with Crippen LogP contribution in [0.1, 0.15) is 37.5 Å². The van der Waals surface area contributed by atoms with Gasteiger partial charge in [0.25, 0.3) is 0 Å². The van der Waals surface area contributed by atoms with Gasteiger partial charge in [-0.05, 0) is 68.5 Å². The van der Waals surface area contributed by atoms with E-state index in [2.05, 4.69) is 6.07 Å². The molecular formula is C22H24Cl3NO2S. The first kappa shape index (κ1) is 22.6. The third kappa shape index (κ3) is 5.97. The zero-order valence-electron chi connectivity index (χ0n) is 16.7. The number of hydrogen-bond acceptors (Lipinski definition) is 3. The summed E-state index contributed by atoms with van der Waals surface area (Å²) < 4.78 is 5.54. The van der Waals surface area contributed by atoms with Crippen LogP contribution in [0.5, 0.6) is 0 Å². The van der Waals surface area contributed by atoms with E-state index >= 15 is 0 Å². The molecule has 0 unspecified atom stereocenters. The van der Waals surface area contributed by atoms with E-state index in [0.29, 0.717) is 23.1 Å². The van der Waals surface area contributed by atoms with Gasteiger partial charge in [-0.25, -0.2) is 4.79 Å². The van der Waals surface area contributed by atoms with E-state index in [1.54, 1.807) is 16.7 Å². The summed E-state index contributed by atoms with van der Waals surface area (Å²) in [5.41, 5.74) is 3.04. The molecule has 0 saturated heterocycles. The maximum Gasteiger partial charge on any atom is 0.410 e. The Morgan fingerprint density at radius 1 is 1.03 bits per heavy atom. The number of carbonyl (C=O) groups excluding carboxylic acids is 1. The highest BCUT2D eigenvalue weighted by Crippen LogP contribution is 2.37. The number of nitrogens with zero attached hydrogens (tertiary/aromatic N) is 1. The number of ether oxygens (including phenoxy) is 1. The van der Waals surface area contributed by atoms with E-state index in [1.807, 2.05) is 45.0 Å². The third-order valence-electron chi connectivity index (χ3n) is 4.61. The van der Waals surface area contributed by atoms with Gasteiger partial charge in [0.15, 0.2) is 0 Å². The molecule has 1 heterocycles. The van der Waals surface area contributed by atoms with Crippen molar-refractivity contribution in [3.8, 4) is 0 Å². The molecule has 2 aromatic carbocycles. The minimum Gasteiger partial charge on any atom is -0.444 e. The molecule has 0 bridgehead atoms. The zero-order chi connectivity index (χ0) is 21.2. The molecular weight excluding hydrogens is 449 g/mol. The van der Waals surface area contributed by atoms with Crippen molar-refractivity contribution >= 4 is 52.7 Å². The Bertz CT molecular complexity index is 912. The highest BCUT2D eigenvalue weighted by Gasteiger charge is 2.25. The molecule has 1 aliphatic rings. The van der Waals surface area contributed by atoms with Gasteiger partial charge in [-0.3, -0.25) is 0 Å². The molecule has 1 amide bonds. The summed E-state index contributed by atoms with van der Waals surface area (Å²) in [7, 11) is 0. The van der Waals surface area contributed by atoms with Crippen LogP contribution in [-0.4, -0.2) is 29.7 Å². The molecule has 3 nitrogen and oxygen atoms in total. The van der Waals surface area contributed by atoms with E-state index in [0.717, 1.165) is 34.1 Å². The van der Waals surface area contributed by atoms with Crippen molar-refractivity contribution in [2.24, 2.45) is 0 Å². The molecule has 1 aliphatic heterocycles. The molecule has 0 atom stereocenters. The molecule has 0 radical (unpaired) electrons. The summed E-state index contributed by atoms with van der Waals surface area (Å²) in [5, 5.41) is 1.84. The normalized spacial score (nSPS) is 14.3. The molecule has 29 heavy (non-hydrogen) atoms. The minimum absolute atomic E-state index is 0.263. The van der Waals surface area contributed by atoms with Gasteiger partial charge in [-0.1, -0.05) is 46.9 Å². The fraction of sp³-hybridized carbons (Fsp3) is 0.409. The molecule has 0 N–H and O–H groups in total. The lowest BCUT2D eigenvalue weighted by Crippen LogP contribution is -2.38. The van der Waals surface area contributed by atoms with Gasteiger partial charge < -0.3 is 9.64 Å². The van der Waals surface area contributed by atoms with Crippen LogP contribution in [0.15, 0.2) is 35.2 Å². The summed E-state index contributed by atoms with van der Waals surface area (Å²) in [6, 6.07) is 9.68. The molecule has 0 fully saturated rings. The van der Waals surface area contributed by atoms with E-state index in [-0.39, 0.29) is 6.09 Å². The predicted octanol–water partition coefficient (Wildman–Crippen LogP) is 7.27. The maximum absolute atomic E-state index is 12.5. The van der Waals surface area contributed by atoms with E-state index in [1.165, 1.54) is 11.1 Å². The van der Waals surface area contributed by atoms with Crippen LogP contribution >= 0.6 is 46.6 Å². The average molecular weight is 473 g/mol. The van der Waals surface area contributed by atoms with Crippen LogP contribution in [0.25, 0.3) is 0 Å². The van der Waals surface area contributed by atoms with Gasteiger partial charge in [0.1, 0.15) is 5.60 Å². The number of fused-ring (bicyclic) bond motifs is 1. The van der Waals surface area contributed by atoms with Crippen molar-refractivity contribution in [3.05, 3.63) is 62.1 Å². The lowest BCUT2D eigenvalue weighted by molar-refractivity contribution is 0.0258. The average Bonchev–Trinajstić information content (AvgIpc) is 2.85. The number of rotatable bonds is 3. The monoisotopic (exact) mass is 471 g/mol. The Morgan fingerprint density at radius 3 is 2.41 bits per heavy atom. The molecule has 0 spiro atoms. The van der Waals surface area contributed by atoms with Crippen molar-refractivity contribution in [1.29, 1.82) is 0 Å². The number of thioether (sulfide) groups is 1. The Hall–Kier alpha value is -1.07. The SMILES string of the molecule is CC(C)(C)OC(=O)N1CCc2ccc(Cl)c(SCc3ccc(Cl)c(Cl)c3)c2CC1.